The lowest BCUT2D eigenvalue weighted by Gasteiger charge is -2.23. The lowest BCUT2D eigenvalue weighted by atomic mass is 9.89. The van der Waals surface area contributed by atoms with Crippen LogP contribution < -0.4 is 5.32 Å². The Hall–Kier alpha value is -1.91. The van der Waals surface area contributed by atoms with Gasteiger partial charge < -0.3 is 10.4 Å². The monoisotopic (exact) mass is 262 g/mol. The Labute approximate surface area is 112 Å². The molecule has 0 atom stereocenters. The first-order chi connectivity index (χ1) is 9.00. The van der Waals surface area contributed by atoms with Gasteiger partial charge in [0.2, 0.25) is 0 Å². The summed E-state index contributed by atoms with van der Waals surface area (Å²) in [5.41, 5.74) is 0.530. The van der Waals surface area contributed by atoms with Gasteiger partial charge in [0.05, 0.1) is 5.56 Å². The average Bonchev–Trinajstić information content (AvgIpc) is 2.83. The molecule has 5 heteroatoms. The number of nitrogens with one attached hydrogen (secondary N) is 1. The van der Waals surface area contributed by atoms with Crippen molar-refractivity contribution >= 4 is 11.9 Å². The van der Waals surface area contributed by atoms with Crippen LogP contribution in [0.3, 0.4) is 0 Å². The van der Waals surface area contributed by atoms with Gasteiger partial charge in [0.25, 0.3) is 5.91 Å². The summed E-state index contributed by atoms with van der Waals surface area (Å²) in [5, 5.41) is 11.6. The Bertz CT molecular complexity index is 476. The van der Waals surface area contributed by atoms with Crippen LogP contribution in [0, 0.1) is 5.41 Å². The third kappa shape index (κ3) is 3.30. The number of carbonyl (C=O) groups is 2. The maximum Gasteiger partial charge on any atom is 0.337 e. The molecule has 2 N–H and O–H groups in total. The number of hydrogen-bond donors (Lipinski definition) is 2. The van der Waals surface area contributed by atoms with Gasteiger partial charge in [-0.2, -0.15) is 0 Å². The highest BCUT2D eigenvalue weighted by Crippen LogP contribution is 2.36. The first-order valence-electron chi connectivity index (χ1n) is 6.48. The van der Waals surface area contributed by atoms with Crippen LogP contribution in [-0.4, -0.2) is 28.5 Å². The summed E-state index contributed by atoms with van der Waals surface area (Å²) in [7, 11) is 0. The van der Waals surface area contributed by atoms with E-state index in [-0.39, 0.29) is 22.6 Å². The topological polar surface area (TPSA) is 79.3 Å². The highest BCUT2D eigenvalue weighted by Gasteiger charge is 2.29. The molecule has 1 fully saturated rings. The molecule has 1 aromatic heterocycles. The van der Waals surface area contributed by atoms with E-state index in [4.69, 9.17) is 5.11 Å². The fourth-order valence-electron chi connectivity index (χ4n) is 2.44. The molecule has 1 aliphatic carbocycles. The molecule has 102 valence electrons. The lowest BCUT2D eigenvalue weighted by molar-refractivity contribution is 0.0695. The van der Waals surface area contributed by atoms with E-state index in [0.29, 0.717) is 6.54 Å². The van der Waals surface area contributed by atoms with E-state index >= 15 is 0 Å². The van der Waals surface area contributed by atoms with Gasteiger partial charge in [-0.1, -0.05) is 19.8 Å². The summed E-state index contributed by atoms with van der Waals surface area (Å²) in [5.74, 6) is -1.29. The summed E-state index contributed by atoms with van der Waals surface area (Å²) < 4.78 is 0. The van der Waals surface area contributed by atoms with Crippen LogP contribution in [0.4, 0.5) is 0 Å². The second-order valence-electron chi connectivity index (χ2n) is 5.44. The normalized spacial score (nSPS) is 17.1. The molecular formula is C14H18N2O3. The molecule has 1 heterocycles. The zero-order chi connectivity index (χ0) is 13.9. The van der Waals surface area contributed by atoms with Crippen molar-refractivity contribution in [3.05, 3.63) is 29.6 Å². The van der Waals surface area contributed by atoms with Crippen molar-refractivity contribution in [3.63, 3.8) is 0 Å². The minimum atomic E-state index is -1.04. The van der Waals surface area contributed by atoms with Crippen molar-refractivity contribution in [2.24, 2.45) is 5.41 Å². The van der Waals surface area contributed by atoms with E-state index in [1.807, 2.05) is 0 Å². The Balaban J connectivity index is 1.94. The maximum atomic E-state index is 11.9. The zero-order valence-corrected chi connectivity index (χ0v) is 11.0. The molecule has 2 rings (SSSR count). The van der Waals surface area contributed by atoms with Gasteiger partial charge in [-0.25, -0.2) is 4.79 Å². The number of amides is 1. The summed E-state index contributed by atoms with van der Waals surface area (Å²) in [6.45, 7) is 2.83. The fraction of sp³-hybridized carbons (Fsp3) is 0.500. The second-order valence-corrected chi connectivity index (χ2v) is 5.44. The molecule has 1 aliphatic rings. The van der Waals surface area contributed by atoms with Crippen LogP contribution >= 0.6 is 0 Å². The van der Waals surface area contributed by atoms with Gasteiger partial charge in [0, 0.05) is 12.7 Å². The van der Waals surface area contributed by atoms with Crippen molar-refractivity contribution in [2.75, 3.05) is 6.54 Å². The Morgan fingerprint density at radius 3 is 2.58 bits per heavy atom. The minimum absolute atomic E-state index is 0.0827. The first kappa shape index (κ1) is 13.5. The molecule has 1 aromatic rings. The van der Waals surface area contributed by atoms with Crippen LogP contribution in [-0.2, 0) is 0 Å². The van der Waals surface area contributed by atoms with Crippen molar-refractivity contribution in [1.82, 2.24) is 10.3 Å². The molecule has 0 radical (unpaired) electrons. The minimum Gasteiger partial charge on any atom is -0.478 e. The van der Waals surface area contributed by atoms with E-state index in [9.17, 15) is 9.59 Å². The predicted molar refractivity (Wildman–Crippen MR) is 70.1 cm³/mol. The van der Waals surface area contributed by atoms with E-state index in [1.165, 1.54) is 31.2 Å². The molecule has 0 saturated heterocycles. The predicted octanol–water partition coefficient (Wildman–Crippen LogP) is 2.09. The number of hydrogen-bond acceptors (Lipinski definition) is 3. The quantitative estimate of drug-likeness (QED) is 0.870. The molecule has 0 bridgehead atoms. The SMILES string of the molecule is CC1(CNC(=O)c2ccc(C(=O)O)cn2)CCCC1. The van der Waals surface area contributed by atoms with E-state index in [0.717, 1.165) is 12.8 Å². The molecule has 0 unspecified atom stereocenters. The van der Waals surface area contributed by atoms with E-state index in [1.54, 1.807) is 0 Å². The summed E-state index contributed by atoms with van der Waals surface area (Å²) >= 11 is 0. The highest BCUT2D eigenvalue weighted by atomic mass is 16.4. The molecule has 0 spiro atoms. The average molecular weight is 262 g/mol. The number of carbonyl (C=O) groups excluding carboxylic acids is 1. The van der Waals surface area contributed by atoms with Gasteiger partial charge in [-0.15, -0.1) is 0 Å². The van der Waals surface area contributed by atoms with Crippen molar-refractivity contribution in [2.45, 2.75) is 32.6 Å². The Kier molecular flexibility index (Phi) is 3.83. The summed E-state index contributed by atoms with van der Waals surface area (Å²) in [6.07, 6.45) is 5.92. The number of nitrogens with zero attached hydrogens (tertiary/aromatic N) is 1. The number of carboxylic acid groups (broad SMARTS) is 1. The Morgan fingerprint density at radius 2 is 2.05 bits per heavy atom. The zero-order valence-electron chi connectivity index (χ0n) is 11.0. The van der Waals surface area contributed by atoms with E-state index in [2.05, 4.69) is 17.2 Å². The smallest absolute Gasteiger partial charge is 0.337 e. The standard InChI is InChI=1S/C14H18N2O3/c1-14(6-2-3-7-14)9-16-12(17)11-5-4-10(8-15-11)13(18)19/h4-5,8H,2-3,6-7,9H2,1H3,(H,16,17)(H,18,19). The van der Waals surface area contributed by atoms with Crippen molar-refractivity contribution < 1.29 is 14.7 Å². The van der Waals surface area contributed by atoms with Crippen LogP contribution in [0.15, 0.2) is 18.3 Å². The molecule has 0 aromatic carbocycles. The third-order valence-corrected chi connectivity index (χ3v) is 3.73. The van der Waals surface area contributed by atoms with Gasteiger partial charge in [0.15, 0.2) is 0 Å². The molecule has 0 aliphatic heterocycles. The number of aromatic carboxylic acids is 1. The summed E-state index contributed by atoms with van der Waals surface area (Å²) in [4.78, 5) is 26.5. The van der Waals surface area contributed by atoms with Crippen LogP contribution in [0.5, 0.6) is 0 Å². The molecule has 19 heavy (non-hydrogen) atoms. The van der Waals surface area contributed by atoms with Crippen molar-refractivity contribution in [3.8, 4) is 0 Å². The van der Waals surface area contributed by atoms with Crippen LogP contribution in [0.2, 0.25) is 0 Å². The van der Waals surface area contributed by atoms with Gasteiger partial charge >= 0.3 is 5.97 Å². The first-order valence-corrected chi connectivity index (χ1v) is 6.48. The number of pyridine rings is 1. The van der Waals surface area contributed by atoms with Crippen LogP contribution in [0.1, 0.15) is 53.5 Å². The van der Waals surface area contributed by atoms with Crippen LogP contribution in [0.25, 0.3) is 0 Å². The number of rotatable bonds is 4. The highest BCUT2D eigenvalue weighted by molar-refractivity contribution is 5.93. The molecule has 1 amide bonds. The second kappa shape index (κ2) is 5.38. The third-order valence-electron chi connectivity index (χ3n) is 3.73. The van der Waals surface area contributed by atoms with E-state index < -0.39 is 5.97 Å². The van der Waals surface area contributed by atoms with Gasteiger partial charge in [-0.3, -0.25) is 9.78 Å². The van der Waals surface area contributed by atoms with Crippen molar-refractivity contribution in [1.29, 1.82) is 0 Å². The molecule has 5 nitrogen and oxygen atoms in total. The number of aromatic nitrogens is 1. The largest absolute Gasteiger partial charge is 0.478 e. The number of carboxylic acids is 1. The fourth-order valence-corrected chi connectivity index (χ4v) is 2.44. The molecule has 1 saturated carbocycles. The summed E-state index contributed by atoms with van der Waals surface area (Å²) in [6, 6.07) is 2.83. The van der Waals surface area contributed by atoms with Gasteiger partial charge in [-0.05, 0) is 30.4 Å². The maximum absolute atomic E-state index is 11.9. The lowest BCUT2D eigenvalue weighted by Crippen LogP contribution is -2.34. The Morgan fingerprint density at radius 1 is 1.37 bits per heavy atom. The molecular weight excluding hydrogens is 244 g/mol. The van der Waals surface area contributed by atoms with Gasteiger partial charge in [0.1, 0.15) is 5.69 Å².